The third-order valence-corrected chi connectivity index (χ3v) is 4.01. The number of carbonyl (C=O) groups is 1. The van der Waals surface area contributed by atoms with E-state index in [4.69, 9.17) is 11.6 Å². The van der Waals surface area contributed by atoms with E-state index in [9.17, 15) is 4.79 Å². The van der Waals surface area contributed by atoms with E-state index in [-0.39, 0.29) is 5.91 Å². The van der Waals surface area contributed by atoms with Crippen LogP contribution in [-0.4, -0.2) is 17.4 Å². The molecule has 0 atom stereocenters. The summed E-state index contributed by atoms with van der Waals surface area (Å²) >= 11 is 6.25. The van der Waals surface area contributed by atoms with E-state index in [0.29, 0.717) is 22.3 Å². The number of hydrogen-bond acceptors (Lipinski definition) is 3. The monoisotopic (exact) mass is 345 g/mol. The molecule has 1 amide bonds. The third kappa shape index (κ3) is 4.96. The second kappa shape index (κ2) is 8.15. The van der Waals surface area contributed by atoms with E-state index in [1.54, 1.807) is 12.3 Å². The van der Waals surface area contributed by atoms with Crippen LogP contribution < -0.4 is 10.6 Å². The van der Waals surface area contributed by atoms with Gasteiger partial charge in [0.25, 0.3) is 5.91 Å². The Hall–Kier alpha value is -2.07. The molecular weight excluding hydrogens is 322 g/mol. The van der Waals surface area contributed by atoms with Crippen LogP contribution in [0.25, 0.3) is 0 Å². The van der Waals surface area contributed by atoms with Crippen LogP contribution in [0.15, 0.2) is 30.5 Å². The number of pyridine rings is 1. The number of nitrogens with zero attached hydrogens (tertiary/aromatic N) is 1. The topological polar surface area (TPSA) is 54.0 Å². The quantitative estimate of drug-likeness (QED) is 0.769. The minimum Gasteiger partial charge on any atom is -0.385 e. The Morgan fingerprint density at radius 2 is 2.00 bits per heavy atom. The number of hydrogen-bond donors (Lipinski definition) is 2. The van der Waals surface area contributed by atoms with Gasteiger partial charge in [-0.2, -0.15) is 0 Å². The van der Waals surface area contributed by atoms with Gasteiger partial charge in [-0.25, -0.2) is 0 Å². The molecule has 2 rings (SSSR count). The van der Waals surface area contributed by atoms with Gasteiger partial charge in [-0.15, -0.1) is 0 Å². The van der Waals surface area contributed by atoms with Crippen LogP contribution in [0, 0.1) is 19.8 Å². The van der Waals surface area contributed by atoms with Gasteiger partial charge in [0.15, 0.2) is 0 Å². The van der Waals surface area contributed by atoms with Crippen LogP contribution in [0.1, 0.15) is 41.9 Å². The Morgan fingerprint density at radius 1 is 1.25 bits per heavy atom. The lowest BCUT2D eigenvalue weighted by Crippen LogP contribution is -2.15. The summed E-state index contributed by atoms with van der Waals surface area (Å²) < 4.78 is 0. The minimum absolute atomic E-state index is 0.267. The second-order valence-electron chi connectivity index (χ2n) is 6.43. The second-order valence-corrected chi connectivity index (χ2v) is 6.84. The van der Waals surface area contributed by atoms with Gasteiger partial charge in [0.05, 0.1) is 10.7 Å². The Morgan fingerprint density at radius 3 is 2.67 bits per heavy atom. The van der Waals surface area contributed by atoms with Gasteiger partial charge in [-0.3, -0.25) is 9.78 Å². The van der Waals surface area contributed by atoms with Gasteiger partial charge in [-0.1, -0.05) is 31.5 Å². The van der Waals surface area contributed by atoms with Crippen molar-refractivity contribution >= 4 is 28.9 Å². The summed E-state index contributed by atoms with van der Waals surface area (Å²) in [4.78, 5) is 16.6. The first-order valence-corrected chi connectivity index (χ1v) is 8.52. The van der Waals surface area contributed by atoms with Gasteiger partial charge in [0, 0.05) is 18.4 Å². The number of rotatable bonds is 6. The maximum absolute atomic E-state index is 12.5. The van der Waals surface area contributed by atoms with Crippen LogP contribution in [0.4, 0.5) is 11.4 Å². The van der Waals surface area contributed by atoms with Crippen molar-refractivity contribution in [2.45, 2.75) is 34.1 Å². The first kappa shape index (κ1) is 18.3. The van der Waals surface area contributed by atoms with Gasteiger partial charge in [-0.05, 0) is 55.5 Å². The highest BCUT2D eigenvalue weighted by Crippen LogP contribution is 2.27. The average molecular weight is 346 g/mol. The summed E-state index contributed by atoms with van der Waals surface area (Å²) in [5.41, 5.74) is 3.87. The van der Waals surface area contributed by atoms with Crippen molar-refractivity contribution in [3.8, 4) is 0 Å². The van der Waals surface area contributed by atoms with E-state index in [2.05, 4.69) is 29.5 Å². The summed E-state index contributed by atoms with van der Waals surface area (Å²) in [5.74, 6) is 0.366. The van der Waals surface area contributed by atoms with Gasteiger partial charge in [0.1, 0.15) is 5.69 Å². The Labute approximate surface area is 148 Å². The van der Waals surface area contributed by atoms with Crippen molar-refractivity contribution in [2.24, 2.45) is 5.92 Å². The molecule has 0 unspecified atom stereocenters. The lowest BCUT2D eigenvalue weighted by Gasteiger charge is -2.12. The molecule has 0 aliphatic heterocycles. The molecule has 0 spiro atoms. The van der Waals surface area contributed by atoms with E-state index in [1.807, 2.05) is 32.0 Å². The fraction of sp³-hybridized carbons (Fsp3) is 0.368. The number of carbonyl (C=O) groups excluding carboxylic acids is 1. The molecule has 0 radical (unpaired) electrons. The summed E-state index contributed by atoms with van der Waals surface area (Å²) in [6.07, 6.45) is 2.71. The molecule has 0 bridgehead atoms. The number of aryl methyl sites for hydroxylation is 2. The van der Waals surface area contributed by atoms with Crippen LogP contribution in [0.5, 0.6) is 0 Å². The fourth-order valence-corrected chi connectivity index (χ4v) is 2.79. The van der Waals surface area contributed by atoms with E-state index >= 15 is 0 Å². The highest BCUT2D eigenvalue weighted by atomic mass is 35.5. The fourth-order valence-electron chi connectivity index (χ4n) is 2.42. The summed E-state index contributed by atoms with van der Waals surface area (Å²) in [7, 11) is 0. The van der Waals surface area contributed by atoms with Gasteiger partial charge >= 0.3 is 0 Å². The van der Waals surface area contributed by atoms with Gasteiger partial charge < -0.3 is 10.6 Å². The molecule has 24 heavy (non-hydrogen) atoms. The maximum atomic E-state index is 12.5. The first-order chi connectivity index (χ1) is 11.4. The molecule has 0 saturated carbocycles. The van der Waals surface area contributed by atoms with Crippen LogP contribution in [0.3, 0.4) is 0 Å². The van der Waals surface area contributed by atoms with E-state index < -0.39 is 0 Å². The van der Waals surface area contributed by atoms with Crippen LogP contribution >= 0.6 is 11.6 Å². The molecule has 0 fully saturated rings. The zero-order valence-corrected chi connectivity index (χ0v) is 15.4. The van der Waals surface area contributed by atoms with Crippen molar-refractivity contribution in [3.05, 3.63) is 52.3 Å². The molecule has 0 saturated heterocycles. The molecule has 0 aliphatic carbocycles. The number of benzene rings is 1. The number of anilines is 2. The molecule has 1 aromatic carbocycles. The number of amides is 1. The van der Waals surface area contributed by atoms with E-state index in [0.717, 1.165) is 29.8 Å². The average Bonchev–Trinajstić information content (AvgIpc) is 2.50. The van der Waals surface area contributed by atoms with Crippen molar-refractivity contribution < 1.29 is 4.79 Å². The Kier molecular flexibility index (Phi) is 6.21. The minimum atomic E-state index is -0.267. The SMILES string of the molecule is Cc1cc(C)c(NC(=O)c2cc(NCCC(C)C)ccn2)c(Cl)c1. The summed E-state index contributed by atoms with van der Waals surface area (Å²) in [6.45, 7) is 9.12. The smallest absolute Gasteiger partial charge is 0.274 e. The van der Waals surface area contributed by atoms with Crippen molar-refractivity contribution in [1.82, 2.24) is 4.98 Å². The summed E-state index contributed by atoms with van der Waals surface area (Å²) in [5, 5.41) is 6.72. The molecule has 2 N–H and O–H groups in total. The molecule has 1 aromatic heterocycles. The zero-order chi connectivity index (χ0) is 17.7. The van der Waals surface area contributed by atoms with Crippen molar-refractivity contribution in [2.75, 3.05) is 17.2 Å². The number of aromatic nitrogens is 1. The molecule has 128 valence electrons. The molecule has 4 nitrogen and oxygen atoms in total. The highest BCUT2D eigenvalue weighted by Gasteiger charge is 2.13. The molecule has 2 aromatic rings. The Balaban J connectivity index is 2.10. The largest absolute Gasteiger partial charge is 0.385 e. The van der Waals surface area contributed by atoms with Crippen LogP contribution in [-0.2, 0) is 0 Å². The Bertz CT molecular complexity index is 705. The molecular formula is C19H24ClN3O. The maximum Gasteiger partial charge on any atom is 0.274 e. The highest BCUT2D eigenvalue weighted by molar-refractivity contribution is 6.34. The van der Waals surface area contributed by atoms with Gasteiger partial charge in [0.2, 0.25) is 0 Å². The number of halogens is 1. The predicted octanol–water partition coefficient (Wildman–Crippen LogP) is 5.06. The predicted molar refractivity (Wildman–Crippen MR) is 101 cm³/mol. The van der Waals surface area contributed by atoms with Crippen LogP contribution in [0.2, 0.25) is 5.02 Å². The van der Waals surface area contributed by atoms with Crippen molar-refractivity contribution in [3.63, 3.8) is 0 Å². The summed E-state index contributed by atoms with van der Waals surface area (Å²) in [6, 6.07) is 7.44. The molecule has 0 aliphatic rings. The molecule has 1 heterocycles. The third-order valence-electron chi connectivity index (χ3n) is 3.71. The number of nitrogens with one attached hydrogen (secondary N) is 2. The zero-order valence-electron chi connectivity index (χ0n) is 14.6. The van der Waals surface area contributed by atoms with Crippen molar-refractivity contribution in [1.29, 1.82) is 0 Å². The normalized spacial score (nSPS) is 10.8. The lowest BCUT2D eigenvalue weighted by molar-refractivity contribution is 0.102. The standard InChI is InChI=1S/C19H24ClN3O/c1-12(2)5-7-21-15-6-8-22-17(11-15)19(24)23-18-14(4)9-13(3)10-16(18)20/h6,8-12H,5,7H2,1-4H3,(H,21,22)(H,23,24). The van der Waals surface area contributed by atoms with E-state index in [1.165, 1.54) is 0 Å². The molecule has 5 heteroatoms. The lowest BCUT2D eigenvalue weighted by atomic mass is 10.1. The first-order valence-electron chi connectivity index (χ1n) is 8.15.